The molecule has 0 unspecified atom stereocenters. The zero-order valence-corrected chi connectivity index (χ0v) is 16.5. The van der Waals surface area contributed by atoms with Gasteiger partial charge in [0.2, 0.25) is 11.8 Å². The number of ether oxygens (including phenoxy) is 1. The Morgan fingerprint density at radius 3 is 2.00 bits per heavy atom. The summed E-state index contributed by atoms with van der Waals surface area (Å²) in [6.07, 6.45) is 0.173. The van der Waals surface area contributed by atoms with Crippen molar-refractivity contribution in [2.75, 3.05) is 0 Å². The summed E-state index contributed by atoms with van der Waals surface area (Å²) in [5.41, 5.74) is 6.23. The number of amides is 3. The van der Waals surface area contributed by atoms with Gasteiger partial charge in [-0.3, -0.25) is 9.59 Å². The van der Waals surface area contributed by atoms with E-state index in [4.69, 9.17) is 10.5 Å². The lowest BCUT2D eigenvalue weighted by Gasteiger charge is -2.23. The van der Waals surface area contributed by atoms with E-state index in [-0.39, 0.29) is 18.4 Å². The van der Waals surface area contributed by atoms with E-state index < -0.39 is 30.0 Å². The normalized spacial score (nSPS) is 13.1. The fourth-order valence-corrected chi connectivity index (χ4v) is 2.60. The van der Waals surface area contributed by atoms with Crippen LogP contribution >= 0.6 is 0 Å². The molecule has 0 radical (unpaired) electrons. The minimum Gasteiger partial charge on any atom is -0.445 e. The first kappa shape index (κ1) is 22.5. The Bertz CT molecular complexity index is 617. The Balaban J connectivity index is 2.68. The molecular formula is C20H31N3O4. The molecule has 150 valence electrons. The number of hydrogen-bond acceptors (Lipinski definition) is 4. The third kappa shape index (κ3) is 9.08. The molecule has 27 heavy (non-hydrogen) atoms. The third-order valence-corrected chi connectivity index (χ3v) is 3.90. The van der Waals surface area contributed by atoms with Crippen LogP contribution in [0, 0.1) is 11.8 Å². The molecule has 7 nitrogen and oxygen atoms in total. The van der Waals surface area contributed by atoms with Crippen LogP contribution in [0.3, 0.4) is 0 Å². The smallest absolute Gasteiger partial charge is 0.408 e. The fourth-order valence-electron chi connectivity index (χ4n) is 2.60. The number of carbonyl (C=O) groups is 3. The Kier molecular flexibility index (Phi) is 9.33. The van der Waals surface area contributed by atoms with Crippen molar-refractivity contribution in [1.29, 1.82) is 0 Å². The maximum Gasteiger partial charge on any atom is 0.408 e. The molecule has 0 aliphatic carbocycles. The molecule has 0 heterocycles. The standard InChI is InChI=1S/C20H31N3O4/c1-13(2)10-16(18(21)24)22-19(25)17(11-14(3)4)23-20(26)27-12-15-8-6-5-7-9-15/h5-9,13-14,16-17H,10-12H2,1-4H3,(H2,21,24)(H,22,25)(H,23,26)/t16-,17+/m0/s1. The Morgan fingerprint density at radius 1 is 0.926 bits per heavy atom. The van der Waals surface area contributed by atoms with Gasteiger partial charge in [-0.15, -0.1) is 0 Å². The highest BCUT2D eigenvalue weighted by Gasteiger charge is 2.27. The quantitative estimate of drug-likeness (QED) is 0.581. The summed E-state index contributed by atoms with van der Waals surface area (Å²) in [5.74, 6) is -0.681. The van der Waals surface area contributed by atoms with Crippen LogP contribution in [0.15, 0.2) is 30.3 Å². The summed E-state index contributed by atoms with van der Waals surface area (Å²) in [7, 11) is 0. The van der Waals surface area contributed by atoms with E-state index in [1.807, 2.05) is 58.0 Å². The van der Waals surface area contributed by atoms with Crippen molar-refractivity contribution in [2.24, 2.45) is 17.6 Å². The number of alkyl carbamates (subject to hydrolysis) is 1. The summed E-state index contributed by atoms with van der Waals surface area (Å²) in [6.45, 7) is 7.87. The van der Waals surface area contributed by atoms with Crippen molar-refractivity contribution in [3.05, 3.63) is 35.9 Å². The molecule has 1 aromatic carbocycles. The van der Waals surface area contributed by atoms with Gasteiger partial charge in [0.05, 0.1) is 0 Å². The van der Waals surface area contributed by atoms with Gasteiger partial charge in [-0.05, 0) is 30.2 Å². The van der Waals surface area contributed by atoms with Crippen LogP contribution in [0.4, 0.5) is 4.79 Å². The summed E-state index contributed by atoms with van der Waals surface area (Å²) < 4.78 is 5.19. The molecule has 0 aliphatic rings. The SMILES string of the molecule is CC(C)C[C@H](NC(=O)[C@@H](CC(C)C)NC(=O)OCc1ccccc1)C(N)=O. The van der Waals surface area contributed by atoms with Crippen molar-refractivity contribution >= 4 is 17.9 Å². The van der Waals surface area contributed by atoms with E-state index in [2.05, 4.69) is 10.6 Å². The first-order valence-corrected chi connectivity index (χ1v) is 9.26. The van der Waals surface area contributed by atoms with Crippen LogP contribution in [0.5, 0.6) is 0 Å². The molecule has 1 aromatic rings. The number of benzene rings is 1. The second-order valence-electron chi connectivity index (χ2n) is 7.48. The van der Waals surface area contributed by atoms with Gasteiger partial charge in [-0.2, -0.15) is 0 Å². The second kappa shape index (κ2) is 11.2. The van der Waals surface area contributed by atoms with Gasteiger partial charge < -0.3 is 21.1 Å². The predicted octanol–water partition coefficient (Wildman–Crippen LogP) is 2.34. The van der Waals surface area contributed by atoms with E-state index in [1.165, 1.54) is 0 Å². The molecule has 0 saturated heterocycles. The predicted molar refractivity (Wildman–Crippen MR) is 104 cm³/mol. The van der Waals surface area contributed by atoms with Gasteiger partial charge >= 0.3 is 6.09 Å². The van der Waals surface area contributed by atoms with E-state index in [0.717, 1.165) is 5.56 Å². The molecule has 3 amide bonds. The Labute approximate surface area is 161 Å². The van der Waals surface area contributed by atoms with E-state index in [0.29, 0.717) is 12.8 Å². The third-order valence-electron chi connectivity index (χ3n) is 3.90. The fraction of sp³-hybridized carbons (Fsp3) is 0.550. The van der Waals surface area contributed by atoms with Crippen LogP contribution in [-0.2, 0) is 20.9 Å². The topological polar surface area (TPSA) is 111 Å². The van der Waals surface area contributed by atoms with Crippen molar-refractivity contribution in [3.63, 3.8) is 0 Å². The van der Waals surface area contributed by atoms with E-state index >= 15 is 0 Å². The number of hydrogen-bond donors (Lipinski definition) is 3. The molecule has 0 spiro atoms. The number of nitrogens with two attached hydrogens (primary N) is 1. The molecule has 0 aromatic heterocycles. The summed E-state index contributed by atoms with van der Waals surface area (Å²) in [4.78, 5) is 36.3. The molecule has 7 heteroatoms. The summed E-state index contributed by atoms with van der Waals surface area (Å²) in [5, 5.41) is 5.24. The van der Waals surface area contributed by atoms with Gasteiger partial charge in [0.25, 0.3) is 0 Å². The highest BCUT2D eigenvalue weighted by molar-refractivity contribution is 5.90. The van der Waals surface area contributed by atoms with Gasteiger partial charge in [0, 0.05) is 0 Å². The van der Waals surface area contributed by atoms with Crippen LogP contribution in [0.25, 0.3) is 0 Å². The lowest BCUT2D eigenvalue weighted by atomic mass is 10.0. The van der Waals surface area contributed by atoms with Crippen molar-refractivity contribution in [3.8, 4) is 0 Å². The minimum atomic E-state index is -0.803. The van der Waals surface area contributed by atoms with Crippen molar-refractivity contribution in [1.82, 2.24) is 10.6 Å². The highest BCUT2D eigenvalue weighted by Crippen LogP contribution is 2.09. The zero-order valence-electron chi connectivity index (χ0n) is 16.5. The van der Waals surface area contributed by atoms with Crippen molar-refractivity contribution in [2.45, 2.75) is 59.2 Å². The highest BCUT2D eigenvalue weighted by atomic mass is 16.5. The largest absolute Gasteiger partial charge is 0.445 e. The molecule has 2 atom stereocenters. The molecular weight excluding hydrogens is 346 g/mol. The number of rotatable bonds is 10. The maximum atomic E-state index is 12.6. The summed E-state index contributed by atoms with van der Waals surface area (Å²) >= 11 is 0. The minimum absolute atomic E-state index is 0.111. The van der Waals surface area contributed by atoms with Gasteiger partial charge in [0.15, 0.2) is 0 Å². The average molecular weight is 377 g/mol. The van der Waals surface area contributed by atoms with E-state index in [1.54, 1.807) is 0 Å². The van der Waals surface area contributed by atoms with Gasteiger partial charge in [-0.1, -0.05) is 58.0 Å². The lowest BCUT2D eigenvalue weighted by molar-refractivity contribution is -0.129. The van der Waals surface area contributed by atoms with Crippen LogP contribution < -0.4 is 16.4 Å². The van der Waals surface area contributed by atoms with Crippen LogP contribution in [0.1, 0.15) is 46.1 Å². The zero-order chi connectivity index (χ0) is 20.4. The molecule has 4 N–H and O–H groups in total. The first-order chi connectivity index (χ1) is 12.7. The van der Waals surface area contributed by atoms with Crippen LogP contribution in [0.2, 0.25) is 0 Å². The summed E-state index contributed by atoms with van der Waals surface area (Å²) in [6, 6.07) is 7.69. The Morgan fingerprint density at radius 2 is 1.48 bits per heavy atom. The molecule has 1 rings (SSSR count). The lowest BCUT2D eigenvalue weighted by Crippen LogP contribution is -2.53. The van der Waals surface area contributed by atoms with Gasteiger partial charge in [-0.25, -0.2) is 4.79 Å². The maximum absolute atomic E-state index is 12.6. The number of primary amides is 1. The monoisotopic (exact) mass is 377 g/mol. The number of nitrogens with one attached hydrogen (secondary N) is 2. The average Bonchev–Trinajstić information content (AvgIpc) is 2.58. The van der Waals surface area contributed by atoms with Gasteiger partial charge in [0.1, 0.15) is 18.7 Å². The molecule has 0 bridgehead atoms. The first-order valence-electron chi connectivity index (χ1n) is 9.26. The number of carbonyl (C=O) groups excluding carboxylic acids is 3. The molecule has 0 fully saturated rings. The van der Waals surface area contributed by atoms with Crippen LogP contribution in [-0.4, -0.2) is 30.0 Å². The Hall–Kier alpha value is -2.57. The van der Waals surface area contributed by atoms with Crippen molar-refractivity contribution < 1.29 is 19.1 Å². The molecule has 0 aliphatic heterocycles. The van der Waals surface area contributed by atoms with E-state index in [9.17, 15) is 14.4 Å². The second-order valence-corrected chi connectivity index (χ2v) is 7.48. The molecule has 0 saturated carbocycles.